The van der Waals surface area contributed by atoms with E-state index in [0.717, 1.165) is 23.8 Å². The van der Waals surface area contributed by atoms with Crippen molar-refractivity contribution in [2.75, 3.05) is 0 Å². The third-order valence-corrected chi connectivity index (χ3v) is 7.33. The van der Waals surface area contributed by atoms with Crippen LogP contribution in [0.4, 0.5) is 8.78 Å². The number of fused-ring (bicyclic) bond motifs is 3. The van der Waals surface area contributed by atoms with Crippen molar-refractivity contribution >= 4 is 11.6 Å². The number of halogens is 3. The second kappa shape index (κ2) is 9.52. The minimum Gasteiger partial charge on any atom is -0.205 e. The molecule has 0 amide bonds. The standard InChI is InChI=1S/C27H29ClF2/c1-2-3-4-5-18-8-12-23-21(14-18)10-11-22-15-19(9-13-24(22)23)6-7-20-16-25(29)27(28)26(30)17-20/h9,13,15-18,21,23H,2-5,8,10-12,14H2,1H3/t18-,21-,23+/m1/s1. The lowest BCUT2D eigenvalue weighted by Gasteiger charge is -2.40. The van der Waals surface area contributed by atoms with Crippen LogP contribution in [0.5, 0.6) is 0 Å². The fraction of sp³-hybridized carbons (Fsp3) is 0.481. The molecule has 1 saturated carbocycles. The molecule has 0 saturated heterocycles. The van der Waals surface area contributed by atoms with Gasteiger partial charge >= 0.3 is 0 Å². The van der Waals surface area contributed by atoms with Gasteiger partial charge in [-0.25, -0.2) is 8.78 Å². The number of benzene rings is 2. The van der Waals surface area contributed by atoms with Crippen LogP contribution in [0, 0.1) is 35.3 Å². The van der Waals surface area contributed by atoms with Crippen molar-refractivity contribution in [3.8, 4) is 11.8 Å². The number of unbranched alkanes of at least 4 members (excludes halogenated alkanes) is 2. The zero-order valence-electron chi connectivity index (χ0n) is 17.6. The maximum absolute atomic E-state index is 13.6. The van der Waals surface area contributed by atoms with Crippen LogP contribution in [-0.4, -0.2) is 0 Å². The van der Waals surface area contributed by atoms with Crippen molar-refractivity contribution in [3.05, 3.63) is 69.2 Å². The number of aryl methyl sites for hydroxylation is 1. The van der Waals surface area contributed by atoms with Gasteiger partial charge in [0.25, 0.3) is 0 Å². The molecule has 0 aromatic heterocycles. The van der Waals surface area contributed by atoms with Crippen LogP contribution in [-0.2, 0) is 6.42 Å². The molecule has 2 aromatic carbocycles. The van der Waals surface area contributed by atoms with Gasteiger partial charge in [0.05, 0.1) is 0 Å². The lowest BCUT2D eigenvalue weighted by Crippen LogP contribution is -2.28. The summed E-state index contributed by atoms with van der Waals surface area (Å²) >= 11 is 5.54. The van der Waals surface area contributed by atoms with Crippen molar-refractivity contribution in [1.82, 2.24) is 0 Å². The maximum atomic E-state index is 13.6. The largest absolute Gasteiger partial charge is 0.205 e. The zero-order valence-corrected chi connectivity index (χ0v) is 18.4. The van der Waals surface area contributed by atoms with E-state index in [1.54, 1.807) is 0 Å². The van der Waals surface area contributed by atoms with E-state index in [1.165, 1.54) is 74.6 Å². The summed E-state index contributed by atoms with van der Waals surface area (Å²) in [6, 6.07) is 8.84. The monoisotopic (exact) mass is 426 g/mol. The zero-order chi connectivity index (χ0) is 21.1. The molecule has 3 atom stereocenters. The molecular weight excluding hydrogens is 398 g/mol. The Morgan fingerprint density at radius 2 is 1.73 bits per heavy atom. The van der Waals surface area contributed by atoms with Crippen LogP contribution in [0.25, 0.3) is 0 Å². The van der Waals surface area contributed by atoms with Gasteiger partial charge in [0, 0.05) is 11.1 Å². The molecule has 2 aromatic rings. The predicted octanol–water partition coefficient (Wildman–Crippen LogP) is 8.04. The fourth-order valence-corrected chi connectivity index (χ4v) is 5.52. The Kier molecular flexibility index (Phi) is 6.79. The SMILES string of the molecule is CCCCC[C@@H]1CC[C@@H]2c3ccc(C#Cc4cc(F)c(Cl)c(F)c4)cc3CC[C@@H]2C1. The first-order valence-electron chi connectivity index (χ1n) is 11.3. The molecular formula is C27H29ClF2. The third kappa shape index (κ3) is 4.73. The quantitative estimate of drug-likeness (QED) is 0.263. The summed E-state index contributed by atoms with van der Waals surface area (Å²) in [7, 11) is 0. The van der Waals surface area contributed by atoms with E-state index in [2.05, 4.69) is 37.0 Å². The smallest absolute Gasteiger partial charge is 0.146 e. The summed E-state index contributed by atoms with van der Waals surface area (Å²) < 4.78 is 27.2. The van der Waals surface area contributed by atoms with Crippen LogP contribution in [0.2, 0.25) is 5.02 Å². The van der Waals surface area contributed by atoms with Crippen LogP contribution in [0.15, 0.2) is 30.3 Å². The van der Waals surface area contributed by atoms with Gasteiger partial charge in [-0.3, -0.25) is 0 Å². The van der Waals surface area contributed by atoms with Crippen molar-refractivity contribution in [3.63, 3.8) is 0 Å². The van der Waals surface area contributed by atoms with Crippen LogP contribution in [0.1, 0.15) is 86.5 Å². The van der Waals surface area contributed by atoms with Crippen molar-refractivity contribution in [2.24, 2.45) is 11.8 Å². The summed E-state index contributed by atoms with van der Waals surface area (Å²) in [6.07, 6.45) is 11.9. The summed E-state index contributed by atoms with van der Waals surface area (Å²) in [5, 5.41) is -0.482. The average molecular weight is 427 g/mol. The fourth-order valence-electron chi connectivity index (χ4n) is 5.41. The molecule has 0 bridgehead atoms. The molecule has 1 fully saturated rings. The summed E-state index contributed by atoms with van der Waals surface area (Å²) in [5.74, 6) is 6.83. The Hall–Kier alpha value is -1.85. The number of hydrogen-bond donors (Lipinski definition) is 0. The number of rotatable bonds is 4. The molecule has 0 nitrogen and oxygen atoms in total. The summed E-state index contributed by atoms with van der Waals surface area (Å²) in [4.78, 5) is 0. The van der Waals surface area contributed by atoms with Crippen LogP contribution < -0.4 is 0 Å². The second-order valence-electron chi connectivity index (χ2n) is 9.00. The van der Waals surface area contributed by atoms with E-state index in [9.17, 15) is 8.78 Å². The highest BCUT2D eigenvalue weighted by Crippen LogP contribution is 2.48. The van der Waals surface area contributed by atoms with Gasteiger partial charge in [-0.1, -0.05) is 62.1 Å². The van der Waals surface area contributed by atoms with E-state index in [0.29, 0.717) is 11.5 Å². The van der Waals surface area contributed by atoms with E-state index in [1.807, 2.05) is 0 Å². The van der Waals surface area contributed by atoms with Crippen molar-refractivity contribution in [1.29, 1.82) is 0 Å². The molecule has 0 aliphatic heterocycles. The molecule has 3 heteroatoms. The highest BCUT2D eigenvalue weighted by atomic mass is 35.5. The molecule has 158 valence electrons. The molecule has 30 heavy (non-hydrogen) atoms. The van der Waals surface area contributed by atoms with Gasteiger partial charge < -0.3 is 0 Å². The van der Waals surface area contributed by atoms with E-state index in [-0.39, 0.29) is 0 Å². The highest BCUT2D eigenvalue weighted by molar-refractivity contribution is 6.30. The minimum atomic E-state index is -0.775. The molecule has 4 rings (SSSR count). The molecule has 2 aliphatic rings. The molecule has 0 radical (unpaired) electrons. The van der Waals surface area contributed by atoms with Gasteiger partial charge in [-0.2, -0.15) is 0 Å². The Bertz CT molecular complexity index is 946. The molecule has 0 unspecified atom stereocenters. The van der Waals surface area contributed by atoms with Gasteiger partial charge in [0.2, 0.25) is 0 Å². The van der Waals surface area contributed by atoms with Gasteiger partial charge in [0.1, 0.15) is 16.7 Å². The van der Waals surface area contributed by atoms with E-state index in [4.69, 9.17) is 11.6 Å². The van der Waals surface area contributed by atoms with E-state index >= 15 is 0 Å². The number of hydrogen-bond acceptors (Lipinski definition) is 0. The first kappa shape index (κ1) is 21.4. The Labute approximate surface area is 184 Å². The van der Waals surface area contributed by atoms with Crippen LogP contribution >= 0.6 is 11.6 Å². The second-order valence-corrected chi connectivity index (χ2v) is 9.38. The first-order chi connectivity index (χ1) is 14.5. The van der Waals surface area contributed by atoms with Crippen molar-refractivity contribution in [2.45, 2.75) is 70.6 Å². The summed E-state index contributed by atoms with van der Waals surface area (Å²) in [6.45, 7) is 2.28. The normalized spacial score (nSPS) is 22.6. The highest BCUT2D eigenvalue weighted by Gasteiger charge is 2.34. The topological polar surface area (TPSA) is 0 Å². The Morgan fingerprint density at radius 1 is 0.967 bits per heavy atom. The molecule has 0 heterocycles. The van der Waals surface area contributed by atoms with E-state index < -0.39 is 16.7 Å². The van der Waals surface area contributed by atoms with Gasteiger partial charge in [-0.05, 0) is 85.3 Å². The lowest BCUT2D eigenvalue weighted by atomic mass is 9.64. The molecule has 0 N–H and O–H groups in total. The summed E-state index contributed by atoms with van der Waals surface area (Å²) in [5.41, 5.74) is 4.11. The third-order valence-electron chi connectivity index (χ3n) is 6.97. The Balaban J connectivity index is 1.46. The van der Waals surface area contributed by atoms with Crippen LogP contribution in [0.3, 0.4) is 0 Å². The molecule has 0 spiro atoms. The minimum absolute atomic E-state index is 0.300. The maximum Gasteiger partial charge on any atom is 0.146 e. The molecule has 2 aliphatic carbocycles. The van der Waals surface area contributed by atoms with Gasteiger partial charge in [-0.15, -0.1) is 0 Å². The van der Waals surface area contributed by atoms with Crippen molar-refractivity contribution < 1.29 is 8.78 Å². The predicted molar refractivity (Wildman–Crippen MR) is 120 cm³/mol. The lowest BCUT2D eigenvalue weighted by molar-refractivity contribution is 0.199. The average Bonchev–Trinajstić information content (AvgIpc) is 2.75. The Morgan fingerprint density at radius 3 is 2.50 bits per heavy atom. The van der Waals surface area contributed by atoms with Gasteiger partial charge in [0.15, 0.2) is 0 Å². The first-order valence-corrected chi connectivity index (χ1v) is 11.7.